The van der Waals surface area contributed by atoms with Gasteiger partial charge in [-0.1, -0.05) is 12.8 Å². The van der Waals surface area contributed by atoms with Crippen LogP contribution in [0.2, 0.25) is 0 Å². The van der Waals surface area contributed by atoms with E-state index in [9.17, 15) is 0 Å². The van der Waals surface area contributed by atoms with Crippen LogP contribution in [0.5, 0.6) is 0 Å². The summed E-state index contributed by atoms with van der Waals surface area (Å²) >= 11 is 2.08. The van der Waals surface area contributed by atoms with Crippen molar-refractivity contribution in [3.8, 4) is 0 Å². The highest BCUT2D eigenvalue weighted by molar-refractivity contribution is 7.99. The SMILES string of the molecule is CS[C@H]1CC[C@H](N2CCN(C3CCCC3)CC2)CC1. The van der Waals surface area contributed by atoms with Gasteiger partial charge in [0.15, 0.2) is 0 Å². The topological polar surface area (TPSA) is 6.48 Å². The Morgan fingerprint density at radius 1 is 0.684 bits per heavy atom. The fourth-order valence-electron chi connectivity index (χ4n) is 4.38. The minimum Gasteiger partial charge on any atom is -0.298 e. The zero-order valence-corrected chi connectivity index (χ0v) is 13.3. The van der Waals surface area contributed by atoms with Crippen LogP contribution in [0.15, 0.2) is 0 Å². The monoisotopic (exact) mass is 282 g/mol. The number of hydrogen-bond donors (Lipinski definition) is 0. The second kappa shape index (κ2) is 6.82. The summed E-state index contributed by atoms with van der Waals surface area (Å²) in [6, 6.07) is 1.85. The van der Waals surface area contributed by atoms with Crippen LogP contribution >= 0.6 is 11.8 Å². The molecular weight excluding hydrogens is 252 g/mol. The van der Waals surface area contributed by atoms with E-state index in [0.717, 1.165) is 17.3 Å². The number of nitrogens with zero attached hydrogens (tertiary/aromatic N) is 2. The first-order valence-electron chi connectivity index (χ1n) is 8.37. The largest absolute Gasteiger partial charge is 0.298 e. The Kier molecular flexibility index (Phi) is 5.10. The van der Waals surface area contributed by atoms with Crippen molar-refractivity contribution in [3.05, 3.63) is 0 Å². The van der Waals surface area contributed by atoms with Crippen LogP contribution in [0.3, 0.4) is 0 Å². The molecule has 0 aromatic heterocycles. The van der Waals surface area contributed by atoms with Gasteiger partial charge in [0.1, 0.15) is 0 Å². The first-order valence-corrected chi connectivity index (χ1v) is 9.66. The molecule has 3 heteroatoms. The predicted octanol–water partition coefficient (Wildman–Crippen LogP) is 3.22. The molecule has 0 amide bonds. The molecule has 19 heavy (non-hydrogen) atoms. The molecule has 2 nitrogen and oxygen atoms in total. The van der Waals surface area contributed by atoms with Gasteiger partial charge in [-0.3, -0.25) is 9.80 Å². The van der Waals surface area contributed by atoms with Gasteiger partial charge in [0, 0.05) is 43.5 Å². The van der Waals surface area contributed by atoms with Crippen LogP contribution in [0.4, 0.5) is 0 Å². The van der Waals surface area contributed by atoms with Crippen LogP contribution in [0.1, 0.15) is 51.4 Å². The van der Waals surface area contributed by atoms with Gasteiger partial charge in [0.2, 0.25) is 0 Å². The molecule has 0 N–H and O–H groups in total. The van der Waals surface area contributed by atoms with Crippen molar-refractivity contribution in [2.24, 2.45) is 0 Å². The molecule has 3 aliphatic rings. The lowest BCUT2D eigenvalue weighted by Gasteiger charge is -2.43. The average molecular weight is 282 g/mol. The van der Waals surface area contributed by atoms with Crippen molar-refractivity contribution in [1.82, 2.24) is 9.80 Å². The maximum Gasteiger partial charge on any atom is 0.0113 e. The van der Waals surface area contributed by atoms with E-state index in [1.165, 1.54) is 77.5 Å². The third kappa shape index (κ3) is 3.48. The molecule has 0 aromatic carbocycles. The molecular formula is C16H30N2S. The van der Waals surface area contributed by atoms with E-state index in [0.29, 0.717) is 0 Å². The summed E-state index contributed by atoms with van der Waals surface area (Å²) in [4.78, 5) is 5.60. The molecule has 3 rings (SSSR count). The van der Waals surface area contributed by atoms with Crippen molar-refractivity contribution in [3.63, 3.8) is 0 Å². The Morgan fingerprint density at radius 2 is 1.16 bits per heavy atom. The maximum absolute atomic E-state index is 2.81. The quantitative estimate of drug-likeness (QED) is 0.785. The lowest BCUT2D eigenvalue weighted by atomic mass is 9.93. The fraction of sp³-hybridized carbons (Fsp3) is 1.00. The van der Waals surface area contributed by atoms with Crippen molar-refractivity contribution in [2.75, 3.05) is 32.4 Å². The summed E-state index contributed by atoms with van der Waals surface area (Å²) in [6.07, 6.45) is 14.0. The Bertz CT molecular complexity index is 262. The van der Waals surface area contributed by atoms with E-state index in [1.54, 1.807) is 0 Å². The van der Waals surface area contributed by atoms with Gasteiger partial charge in [-0.15, -0.1) is 0 Å². The Morgan fingerprint density at radius 3 is 1.63 bits per heavy atom. The normalized spacial score (nSPS) is 35.8. The van der Waals surface area contributed by atoms with Crippen LogP contribution in [-0.4, -0.2) is 59.6 Å². The van der Waals surface area contributed by atoms with Crippen LogP contribution in [-0.2, 0) is 0 Å². The molecule has 0 bridgehead atoms. The first-order chi connectivity index (χ1) is 9.36. The first kappa shape index (κ1) is 14.2. The van der Waals surface area contributed by atoms with E-state index in [-0.39, 0.29) is 0 Å². The number of thioether (sulfide) groups is 1. The van der Waals surface area contributed by atoms with Crippen molar-refractivity contribution < 1.29 is 0 Å². The van der Waals surface area contributed by atoms with Gasteiger partial charge in [-0.2, -0.15) is 11.8 Å². The molecule has 3 fully saturated rings. The van der Waals surface area contributed by atoms with Gasteiger partial charge in [-0.25, -0.2) is 0 Å². The number of rotatable bonds is 3. The Balaban J connectivity index is 1.42. The molecule has 0 radical (unpaired) electrons. The maximum atomic E-state index is 2.81. The van der Waals surface area contributed by atoms with Gasteiger partial charge in [0.05, 0.1) is 0 Å². The molecule has 1 heterocycles. The van der Waals surface area contributed by atoms with Gasteiger partial charge < -0.3 is 0 Å². The van der Waals surface area contributed by atoms with E-state index >= 15 is 0 Å². The number of piperazine rings is 1. The van der Waals surface area contributed by atoms with Crippen LogP contribution in [0, 0.1) is 0 Å². The lowest BCUT2D eigenvalue weighted by Crippen LogP contribution is -2.53. The third-order valence-corrected chi connectivity index (χ3v) is 6.82. The third-order valence-electron chi connectivity index (χ3n) is 5.68. The second-order valence-corrected chi connectivity index (χ2v) is 7.81. The summed E-state index contributed by atoms with van der Waals surface area (Å²) in [7, 11) is 0. The minimum atomic E-state index is 0.911. The van der Waals surface area contributed by atoms with Gasteiger partial charge in [-0.05, 0) is 44.8 Å². The lowest BCUT2D eigenvalue weighted by molar-refractivity contribution is 0.0584. The molecule has 2 saturated carbocycles. The fourth-order valence-corrected chi connectivity index (χ4v) is 5.13. The standard InChI is InChI=1S/C16H30N2S/c1-19-16-8-6-15(7-9-16)18-12-10-17(11-13-18)14-4-2-3-5-14/h14-16H,2-13H2,1H3/t15-,16-. The van der Waals surface area contributed by atoms with E-state index in [1.807, 2.05) is 0 Å². The van der Waals surface area contributed by atoms with E-state index < -0.39 is 0 Å². The van der Waals surface area contributed by atoms with E-state index in [4.69, 9.17) is 0 Å². The summed E-state index contributed by atoms with van der Waals surface area (Å²) in [6.45, 7) is 5.36. The molecule has 0 spiro atoms. The molecule has 110 valence electrons. The minimum absolute atomic E-state index is 0.911. The molecule has 0 atom stereocenters. The highest BCUT2D eigenvalue weighted by Gasteiger charge is 2.30. The van der Waals surface area contributed by atoms with Gasteiger partial charge >= 0.3 is 0 Å². The van der Waals surface area contributed by atoms with Gasteiger partial charge in [0.25, 0.3) is 0 Å². The molecule has 0 unspecified atom stereocenters. The summed E-state index contributed by atoms with van der Waals surface area (Å²) in [5.41, 5.74) is 0. The van der Waals surface area contributed by atoms with E-state index in [2.05, 4.69) is 27.8 Å². The highest BCUT2D eigenvalue weighted by Crippen LogP contribution is 2.31. The molecule has 1 aliphatic heterocycles. The predicted molar refractivity (Wildman–Crippen MR) is 85.0 cm³/mol. The Labute approximate surface area is 123 Å². The summed E-state index contributed by atoms with van der Waals surface area (Å²) in [5.74, 6) is 0. The smallest absolute Gasteiger partial charge is 0.0113 e. The zero-order valence-electron chi connectivity index (χ0n) is 12.5. The van der Waals surface area contributed by atoms with Crippen LogP contribution < -0.4 is 0 Å². The van der Waals surface area contributed by atoms with Crippen LogP contribution in [0.25, 0.3) is 0 Å². The molecule has 0 aromatic rings. The highest BCUT2D eigenvalue weighted by atomic mass is 32.2. The summed E-state index contributed by atoms with van der Waals surface area (Å²) in [5, 5.41) is 0.955. The second-order valence-electron chi connectivity index (χ2n) is 6.68. The van der Waals surface area contributed by atoms with Crippen molar-refractivity contribution in [1.29, 1.82) is 0 Å². The summed E-state index contributed by atoms with van der Waals surface area (Å²) < 4.78 is 0. The molecule has 1 saturated heterocycles. The Hall–Kier alpha value is 0.270. The van der Waals surface area contributed by atoms with Crippen molar-refractivity contribution >= 4 is 11.8 Å². The van der Waals surface area contributed by atoms with Crippen molar-refractivity contribution in [2.45, 2.75) is 68.7 Å². The molecule has 2 aliphatic carbocycles. The number of hydrogen-bond acceptors (Lipinski definition) is 3. The zero-order chi connectivity index (χ0) is 13.1. The average Bonchev–Trinajstić information content (AvgIpc) is 3.02.